The molecule has 1 aliphatic rings. The van der Waals surface area contributed by atoms with Crippen LogP contribution in [0.1, 0.15) is 23.2 Å². The number of hydrogen-bond acceptors (Lipinski definition) is 5. The molecule has 2 aromatic carbocycles. The quantitative estimate of drug-likeness (QED) is 0.656. The predicted molar refractivity (Wildman–Crippen MR) is 112 cm³/mol. The van der Waals surface area contributed by atoms with Gasteiger partial charge in [-0.15, -0.1) is 0 Å². The van der Waals surface area contributed by atoms with Gasteiger partial charge in [-0.05, 0) is 11.6 Å². The maximum Gasteiger partial charge on any atom is 0.246 e. The van der Waals surface area contributed by atoms with Crippen LogP contribution in [0.3, 0.4) is 0 Å². The molecule has 1 aliphatic heterocycles. The van der Waals surface area contributed by atoms with Crippen LogP contribution in [0.4, 0.5) is 0 Å². The molecule has 29 heavy (non-hydrogen) atoms. The van der Waals surface area contributed by atoms with Crippen molar-refractivity contribution in [2.75, 3.05) is 40.3 Å². The number of benzene rings is 2. The molecular weight excluding hydrogens is 368 g/mol. The summed E-state index contributed by atoms with van der Waals surface area (Å²) in [5, 5.41) is 8.90. The van der Waals surface area contributed by atoms with Gasteiger partial charge in [0.1, 0.15) is 11.8 Å². The van der Waals surface area contributed by atoms with E-state index in [4.69, 9.17) is 4.74 Å². The number of hydrogen-bond donors (Lipinski definition) is 3. The third-order valence-corrected chi connectivity index (χ3v) is 5.15. The van der Waals surface area contributed by atoms with Crippen molar-refractivity contribution < 1.29 is 14.3 Å². The summed E-state index contributed by atoms with van der Waals surface area (Å²) >= 11 is 0. The van der Waals surface area contributed by atoms with Gasteiger partial charge in [-0.1, -0.05) is 48.5 Å². The SMILES string of the molecule is CNC(=O)C(NC(=O)CN1CCNCC1c1ccccc1OC)c1ccccc1. The standard InChI is InChI=1S/C22H28N4O3/c1-23-22(28)21(16-8-4-3-5-9-16)25-20(27)15-26-13-12-24-14-18(26)17-10-6-7-11-19(17)29-2/h3-11,18,21,24H,12-15H2,1-2H3,(H,23,28)(H,25,27). The number of rotatable bonds is 7. The van der Waals surface area contributed by atoms with Crippen LogP contribution >= 0.6 is 0 Å². The largest absolute Gasteiger partial charge is 0.496 e. The monoisotopic (exact) mass is 396 g/mol. The maximum absolute atomic E-state index is 12.9. The molecule has 0 saturated carbocycles. The molecule has 0 radical (unpaired) electrons. The summed E-state index contributed by atoms with van der Waals surface area (Å²) in [7, 11) is 3.22. The highest BCUT2D eigenvalue weighted by molar-refractivity contribution is 5.89. The van der Waals surface area contributed by atoms with Gasteiger partial charge in [0.05, 0.1) is 19.7 Å². The lowest BCUT2D eigenvalue weighted by Gasteiger charge is -2.36. The molecule has 2 amide bonds. The van der Waals surface area contributed by atoms with Crippen LogP contribution in [0.25, 0.3) is 0 Å². The lowest BCUT2D eigenvalue weighted by atomic mass is 10.0. The molecule has 154 valence electrons. The Bertz CT molecular complexity index is 828. The maximum atomic E-state index is 12.9. The molecule has 2 unspecified atom stereocenters. The Labute approximate surface area is 171 Å². The van der Waals surface area contributed by atoms with E-state index in [1.165, 1.54) is 0 Å². The number of likely N-dealkylation sites (N-methyl/N-ethyl adjacent to an activating group) is 1. The van der Waals surface area contributed by atoms with Crippen molar-refractivity contribution in [3.8, 4) is 5.75 Å². The van der Waals surface area contributed by atoms with E-state index < -0.39 is 6.04 Å². The first-order valence-electron chi connectivity index (χ1n) is 9.77. The zero-order chi connectivity index (χ0) is 20.6. The minimum atomic E-state index is -0.721. The molecule has 3 N–H and O–H groups in total. The van der Waals surface area contributed by atoms with Gasteiger partial charge in [0, 0.05) is 32.2 Å². The fraction of sp³-hybridized carbons (Fsp3) is 0.364. The number of para-hydroxylation sites is 1. The molecular formula is C22H28N4O3. The van der Waals surface area contributed by atoms with Crippen molar-refractivity contribution in [1.29, 1.82) is 0 Å². The van der Waals surface area contributed by atoms with Crippen LogP contribution < -0.4 is 20.7 Å². The first-order valence-corrected chi connectivity index (χ1v) is 9.77. The lowest BCUT2D eigenvalue weighted by molar-refractivity contribution is -0.130. The summed E-state index contributed by atoms with van der Waals surface area (Å²) in [6, 6.07) is 16.4. The van der Waals surface area contributed by atoms with E-state index >= 15 is 0 Å². The number of methoxy groups -OCH3 is 1. The number of carbonyl (C=O) groups is 2. The van der Waals surface area contributed by atoms with Crippen molar-refractivity contribution in [3.05, 3.63) is 65.7 Å². The van der Waals surface area contributed by atoms with Crippen LogP contribution in [0, 0.1) is 0 Å². The minimum Gasteiger partial charge on any atom is -0.496 e. The van der Waals surface area contributed by atoms with Crippen LogP contribution in [0.5, 0.6) is 5.75 Å². The highest BCUT2D eigenvalue weighted by Gasteiger charge is 2.29. The first kappa shape index (κ1) is 20.8. The summed E-state index contributed by atoms with van der Waals surface area (Å²) in [6.07, 6.45) is 0. The molecule has 0 aromatic heterocycles. The normalized spacial score (nSPS) is 17.9. The number of carbonyl (C=O) groups excluding carboxylic acids is 2. The van der Waals surface area contributed by atoms with Gasteiger partial charge in [-0.3, -0.25) is 14.5 Å². The summed E-state index contributed by atoms with van der Waals surface area (Å²) in [5.41, 5.74) is 1.79. The van der Waals surface area contributed by atoms with Gasteiger partial charge in [0.15, 0.2) is 0 Å². The first-order chi connectivity index (χ1) is 14.1. The second-order valence-electron chi connectivity index (χ2n) is 6.96. The fourth-order valence-electron chi connectivity index (χ4n) is 3.67. The van der Waals surface area contributed by atoms with Crippen molar-refractivity contribution in [1.82, 2.24) is 20.9 Å². The Morgan fingerprint density at radius 3 is 2.62 bits per heavy atom. The van der Waals surface area contributed by atoms with E-state index in [9.17, 15) is 9.59 Å². The highest BCUT2D eigenvalue weighted by Crippen LogP contribution is 2.30. The number of nitrogens with one attached hydrogen (secondary N) is 3. The summed E-state index contributed by atoms with van der Waals surface area (Å²) < 4.78 is 5.51. The van der Waals surface area contributed by atoms with E-state index in [-0.39, 0.29) is 24.4 Å². The van der Waals surface area contributed by atoms with Crippen molar-refractivity contribution in [2.45, 2.75) is 12.1 Å². The topological polar surface area (TPSA) is 82.7 Å². The van der Waals surface area contributed by atoms with Crippen molar-refractivity contribution >= 4 is 11.8 Å². The smallest absolute Gasteiger partial charge is 0.246 e. The molecule has 2 atom stereocenters. The molecule has 0 bridgehead atoms. The van der Waals surface area contributed by atoms with Gasteiger partial charge >= 0.3 is 0 Å². The molecule has 0 spiro atoms. The molecule has 1 fully saturated rings. The highest BCUT2D eigenvalue weighted by atomic mass is 16.5. The number of amides is 2. The zero-order valence-corrected chi connectivity index (χ0v) is 16.9. The van der Waals surface area contributed by atoms with E-state index in [1.807, 2.05) is 54.6 Å². The van der Waals surface area contributed by atoms with Crippen molar-refractivity contribution in [3.63, 3.8) is 0 Å². The molecule has 3 rings (SSSR count). The van der Waals surface area contributed by atoms with E-state index in [0.29, 0.717) is 0 Å². The average Bonchev–Trinajstić information content (AvgIpc) is 2.78. The third-order valence-electron chi connectivity index (χ3n) is 5.15. The van der Waals surface area contributed by atoms with Gasteiger partial charge < -0.3 is 20.7 Å². The molecule has 1 saturated heterocycles. The second-order valence-corrected chi connectivity index (χ2v) is 6.96. The second kappa shape index (κ2) is 10.0. The number of nitrogens with zero attached hydrogens (tertiary/aromatic N) is 1. The Kier molecular flexibility index (Phi) is 7.21. The Morgan fingerprint density at radius 1 is 1.17 bits per heavy atom. The Hall–Kier alpha value is -2.90. The van der Waals surface area contributed by atoms with Gasteiger partial charge in [-0.2, -0.15) is 0 Å². The predicted octanol–water partition coefficient (Wildman–Crippen LogP) is 1.25. The Balaban J connectivity index is 1.74. The summed E-state index contributed by atoms with van der Waals surface area (Å²) in [5.74, 6) is 0.370. The molecule has 0 aliphatic carbocycles. The van der Waals surface area contributed by atoms with Crippen LogP contribution in [-0.2, 0) is 9.59 Å². The molecule has 7 heteroatoms. The van der Waals surface area contributed by atoms with Gasteiger partial charge in [0.2, 0.25) is 11.8 Å². The van der Waals surface area contributed by atoms with Gasteiger partial charge in [-0.25, -0.2) is 0 Å². The van der Waals surface area contributed by atoms with Crippen LogP contribution in [0.2, 0.25) is 0 Å². The zero-order valence-electron chi connectivity index (χ0n) is 16.9. The number of ether oxygens (including phenoxy) is 1. The average molecular weight is 396 g/mol. The Morgan fingerprint density at radius 2 is 1.90 bits per heavy atom. The van der Waals surface area contributed by atoms with Crippen molar-refractivity contribution in [2.24, 2.45) is 0 Å². The molecule has 2 aromatic rings. The van der Waals surface area contributed by atoms with Crippen LogP contribution in [0.15, 0.2) is 54.6 Å². The van der Waals surface area contributed by atoms with E-state index in [1.54, 1.807) is 14.2 Å². The van der Waals surface area contributed by atoms with Gasteiger partial charge in [0.25, 0.3) is 0 Å². The van der Waals surface area contributed by atoms with E-state index in [0.717, 1.165) is 36.5 Å². The molecule has 7 nitrogen and oxygen atoms in total. The molecule has 1 heterocycles. The minimum absolute atomic E-state index is 0.0147. The van der Waals surface area contributed by atoms with Crippen LogP contribution in [-0.4, -0.2) is 57.1 Å². The summed E-state index contributed by atoms with van der Waals surface area (Å²) in [6.45, 7) is 2.46. The third kappa shape index (κ3) is 5.13. The summed E-state index contributed by atoms with van der Waals surface area (Å²) in [4.78, 5) is 27.3. The lowest BCUT2D eigenvalue weighted by Crippen LogP contribution is -2.50. The van der Waals surface area contributed by atoms with E-state index in [2.05, 4.69) is 20.9 Å². The number of piperazine rings is 1. The fourth-order valence-corrected chi connectivity index (χ4v) is 3.67.